The van der Waals surface area contributed by atoms with Gasteiger partial charge in [-0.25, -0.2) is 4.79 Å². The van der Waals surface area contributed by atoms with Gasteiger partial charge in [0.25, 0.3) is 11.8 Å². The fourth-order valence-corrected chi connectivity index (χ4v) is 2.89. The smallest absolute Gasteiger partial charge is 0.321 e. The summed E-state index contributed by atoms with van der Waals surface area (Å²) in [6, 6.07) is 14.4. The van der Waals surface area contributed by atoms with Gasteiger partial charge in [-0.1, -0.05) is 24.2 Å². The molecule has 3 aromatic rings. The number of aromatic nitrogens is 2. The fourth-order valence-electron chi connectivity index (χ4n) is 2.89. The van der Waals surface area contributed by atoms with Crippen LogP contribution >= 0.6 is 0 Å². The topological polar surface area (TPSA) is 100 Å². The second-order valence-corrected chi connectivity index (χ2v) is 7.32. The number of hydrogen-bond acceptors (Lipinski definition) is 5. The Kier molecular flexibility index (Phi) is 7.37. The van der Waals surface area contributed by atoms with E-state index in [0.29, 0.717) is 36.8 Å². The average molecular weight is 422 g/mol. The van der Waals surface area contributed by atoms with E-state index in [0.717, 1.165) is 23.2 Å². The minimum atomic E-state index is -0.203. The van der Waals surface area contributed by atoms with Crippen molar-refractivity contribution >= 4 is 17.6 Å². The number of amides is 3. The van der Waals surface area contributed by atoms with Crippen molar-refractivity contribution in [3.05, 3.63) is 65.5 Å². The first-order chi connectivity index (χ1) is 15.0. The maximum absolute atomic E-state index is 12.3. The van der Waals surface area contributed by atoms with Crippen molar-refractivity contribution in [3.8, 4) is 11.5 Å². The maximum Gasteiger partial charge on any atom is 0.321 e. The molecule has 8 heteroatoms. The van der Waals surface area contributed by atoms with Crippen LogP contribution in [0.5, 0.6) is 0 Å². The van der Waals surface area contributed by atoms with Crippen molar-refractivity contribution in [1.82, 2.24) is 20.4 Å². The molecule has 3 rings (SSSR count). The largest absolute Gasteiger partial charge is 0.352 e. The number of carbonyl (C=O) groups is 2. The summed E-state index contributed by atoms with van der Waals surface area (Å²) >= 11 is 0. The fraction of sp³-hybridized carbons (Fsp3) is 0.304. The van der Waals surface area contributed by atoms with E-state index in [2.05, 4.69) is 20.8 Å². The van der Waals surface area contributed by atoms with Gasteiger partial charge in [0.05, 0.1) is 0 Å². The molecule has 0 radical (unpaired) electrons. The highest BCUT2D eigenvalue weighted by Crippen LogP contribution is 2.18. The predicted octanol–water partition coefficient (Wildman–Crippen LogP) is 3.89. The van der Waals surface area contributed by atoms with Gasteiger partial charge >= 0.3 is 6.03 Å². The molecule has 1 aromatic heterocycles. The van der Waals surface area contributed by atoms with Crippen LogP contribution < -0.4 is 10.6 Å². The number of aryl methyl sites for hydroxylation is 1. The van der Waals surface area contributed by atoms with Crippen molar-refractivity contribution in [3.63, 3.8) is 0 Å². The quantitative estimate of drug-likeness (QED) is 0.575. The zero-order valence-electron chi connectivity index (χ0n) is 18.0. The average Bonchev–Trinajstić information content (AvgIpc) is 3.25. The van der Waals surface area contributed by atoms with Crippen molar-refractivity contribution in [1.29, 1.82) is 0 Å². The van der Waals surface area contributed by atoms with Crippen molar-refractivity contribution in [2.24, 2.45) is 0 Å². The lowest BCUT2D eigenvalue weighted by molar-refractivity contribution is 0.0953. The molecule has 0 atom stereocenters. The molecule has 31 heavy (non-hydrogen) atoms. The molecule has 1 heterocycles. The molecule has 0 aliphatic heterocycles. The van der Waals surface area contributed by atoms with Crippen molar-refractivity contribution in [2.45, 2.75) is 26.7 Å². The van der Waals surface area contributed by atoms with Crippen LogP contribution in [0, 0.1) is 6.92 Å². The monoisotopic (exact) mass is 421 g/mol. The second-order valence-electron chi connectivity index (χ2n) is 7.32. The van der Waals surface area contributed by atoms with E-state index in [4.69, 9.17) is 4.52 Å². The second kappa shape index (κ2) is 10.4. The molecule has 162 valence electrons. The van der Waals surface area contributed by atoms with E-state index < -0.39 is 0 Å². The van der Waals surface area contributed by atoms with Gasteiger partial charge in [-0.15, -0.1) is 0 Å². The van der Waals surface area contributed by atoms with Gasteiger partial charge in [0.2, 0.25) is 0 Å². The number of carbonyl (C=O) groups excluding carboxylic acids is 2. The number of nitrogens with one attached hydrogen (secondary N) is 2. The van der Waals surface area contributed by atoms with Crippen LogP contribution in [0.1, 0.15) is 35.1 Å². The molecule has 0 fully saturated rings. The van der Waals surface area contributed by atoms with Crippen LogP contribution in [0.2, 0.25) is 0 Å². The van der Waals surface area contributed by atoms with E-state index in [-0.39, 0.29) is 11.9 Å². The third kappa shape index (κ3) is 6.15. The van der Waals surface area contributed by atoms with Gasteiger partial charge in [-0.3, -0.25) is 4.79 Å². The van der Waals surface area contributed by atoms with E-state index in [9.17, 15) is 9.59 Å². The van der Waals surface area contributed by atoms with Crippen LogP contribution in [0.25, 0.3) is 11.5 Å². The molecule has 0 aliphatic carbocycles. The van der Waals surface area contributed by atoms with Crippen LogP contribution in [0.3, 0.4) is 0 Å². The van der Waals surface area contributed by atoms with Gasteiger partial charge in [0, 0.05) is 43.4 Å². The van der Waals surface area contributed by atoms with E-state index in [1.54, 1.807) is 36.2 Å². The Bertz CT molecular complexity index is 1030. The van der Waals surface area contributed by atoms with Crippen molar-refractivity contribution in [2.75, 3.05) is 25.5 Å². The molecular formula is C23H27N5O3. The molecule has 0 spiro atoms. The highest BCUT2D eigenvalue weighted by molar-refractivity contribution is 5.94. The summed E-state index contributed by atoms with van der Waals surface area (Å²) in [5, 5.41) is 9.70. The lowest BCUT2D eigenvalue weighted by Crippen LogP contribution is -2.33. The van der Waals surface area contributed by atoms with Gasteiger partial charge < -0.3 is 20.1 Å². The number of benzene rings is 2. The normalized spacial score (nSPS) is 10.5. The molecular weight excluding hydrogens is 394 g/mol. The van der Waals surface area contributed by atoms with Crippen LogP contribution in [0.4, 0.5) is 10.5 Å². The lowest BCUT2D eigenvalue weighted by atomic mass is 10.1. The Labute approximate surface area is 181 Å². The number of nitrogens with zero attached hydrogens (tertiary/aromatic N) is 3. The Morgan fingerprint density at radius 3 is 2.61 bits per heavy atom. The molecule has 0 saturated heterocycles. The molecule has 0 aliphatic rings. The first kappa shape index (κ1) is 22.0. The minimum Gasteiger partial charge on any atom is -0.352 e. The summed E-state index contributed by atoms with van der Waals surface area (Å²) in [5.74, 6) is 0.781. The SMILES string of the molecule is CCCNC(=O)c1ccc(-c2nc(CCN(C)C(=O)Nc3cccc(C)c3)no2)cc1. The molecule has 3 amide bonds. The molecule has 2 N–H and O–H groups in total. The summed E-state index contributed by atoms with van der Waals surface area (Å²) < 4.78 is 5.34. The van der Waals surface area contributed by atoms with Crippen LogP contribution in [0.15, 0.2) is 53.1 Å². The molecule has 0 saturated carbocycles. The van der Waals surface area contributed by atoms with Crippen LogP contribution in [-0.4, -0.2) is 47.1 Å². The Balaban J connectivity index is 1.53. The maximum atomic E-state index is 12.3. The molecule has 8 nitrogen and oxygen atoms in total. The van der Waals surface area contributed by atoms with Crippen molar-refractivity contribution < 1.29 is 14.1 Å². The number of hydrogen-bond donors (Lipinski definition) is 2. The summed E-state index contributed by atoms with van der Waals surface area (Å²) in [6.45, 7) is 5.06. The summed E-state index contributed by atoms with van der Waals surface area (Å²) in [5.41, 5.74) is 3.15. The summed E-state index contributed by atoms with van der Waals surface area (Å²) in [4.78, 5) is 30.3. The highest BCUT2D eigenvalue weighted by Gasteiger charge is 2.13. The number of likely N-dealkylation sites (N-methyl/N-ethyl adjacent to an activating group) is 1. The summed E-state index contributed by atoms with van der Waals surface area (Å²) in [7, 11) is 1.72. The number of anilines is 1. The van der Waals surface area contributed by atoms with Gasteiger partial charge in [-0.2, -0.15) is 4.98 Å². The van der Waals surface area contributed by atoms with Gasteiger partial charge in [0.1, 0.15) is 0 Å². The molecule has 2 aromatic carbocycles. The Morgan fingerprint density at radius 1 is 1.13 bits per heavy atom. The highest BCUT2D eigenvalue weighted by atomic mass is 16.5. The number of urea groups is 1. The van der Waals surface area contributed by atoms with Crippen LogP contribution in [-0.2, 0) is 6.42 Å². The zero-order valence-corrected chi connectivity index (χ0v) is 18.0. The predicted molar refractivity (Wildman–Crippen MR) is 119 cm³/mol. The zero-order chi connectivity index (χ0) is 22.2. The van der Waals surface area contributed by atoms with Gasteiger partial charge in [-0.05, 0) is 55.3 Å². The molecule has 0 unspecified atom stereocenters. The Hall–Kier alpha value is -3.68. The summed E-state index contributed by atoms with van der Waals surface area (Å²) in [6.07, 6.45) is 1.34. The first-order valence-corrected chi connectivity index (χ1v) is 10.3. The van der Waals surface area contributed by atoms with Gasteiger partial charge in [0.15, 0.2) is 5.82 Å². The first-order valence-electron chi connectivity index (χ1n) is 10.3. The van der Waals surface area contributed by atoms with E-state index >= 15 is 0 Å². The third-order valence-corrected chi connectivity index (χ3v) is 4.68. The lowest BCUT2D eigenvalue weighted by Gasteiger charge is -2.17. The third-order valence-electron chi connectivity index (χ3n) is 4.68. The number of rotatable bonds is 8. The van der Waals surface area contributed by atoms with E-state index in [1.807, 2.05) is 38.1 Å². The van der Waals surface area contributed by atoms with E-state index in [1.165, 1.54) is 0 Å². The minimum absolute atomic E-state index is 0.105. The standard InChI is InChI=1S/C23H27N5O3/c1-4-13-24-21(29)17-8-10-18(11-9-17)22-26-20(27-31-22)12-14-28(3)23(30)25-19-7-5-6-16(2)15-19/h5-11,15H,4,12-14H2,1-3H3,(H,24,29)(H,25,30). The molecule has 0 bridgehead atoms. The Morgan fingerprint density at radius 2 is 1.90 bits per heavy atom.